The van der Waals surface area contributed by atoms with Crippen LogP contribution in [0.2, 0.25) is 37.3 Å². The summed E-state index contributed by atoms with van der Waals surface area (Å²) in [5, 5.41) is 10.3. The van der Waals surface area contributed by atoms with Crippen LogP contribution < -0.4 is 0 Å². The van der Waals surface area contributed by atoms with E-state index in [1.807, 2.05) is 42.7 Å². The van der Waals surface area contributed by atoms with Crippen LogP contribution in [0.25, 0.3) is 6.08 Å². The summed E-state index contributed by atoms with van der Waals surface area (Å²) in [4.78, 5) is 0. The summed E-state index contributed by atoms with van der Waals surface area (Å²) in [6.45, 7) is 20.6. The standard InChI is InChI=1S/C45H70O5Si2/c1-11-14-16-17-18-21-26-38(46)30-31-41-33-32-40(48-41)27-22-19-24-29-44(50-52(9,10)45(4,5)6)42(43-35-34-39(13-3)49-43)28-23-20-25-36-47-51(7,8)37-15-12-2/h3,18,21-22,25,27,32-36,38,42,44,46H,11-12,14-17,19-20,23-24,26,28-29,37H2,1-2,4-10H3/b21-18-,27-22-,36-25?. The van der Waals surface area contributed by atoms with Crippen LogP contribution >= 0.6 is 0 Å². The van der Waals surface area contributed by atoms with Crippen LogP contribution in [0, 0.1) is 24.2 Å². The van der Waals surface area contributed by atoms with E-state index in [2.05, 4.69) is 96.8 Å². The molecule has 0 spiro atoms. The molecule has 288 valence electrons. The second-order valence-electron chi connectivity index (χ2n) is 16.2. The first-order valence-electron chi connectivity index (χ1n) is 19.9. The lowest BCUT2D eigenvalue weighted by molar-refractivity contribution is 0.124. The van der Waals surface area contributed by atoms with E-state index in [0.717, 1.165) is 56.5 Å². The quantitative estimate of drug-likeness (QED) is 0.0381. The summed E-state index contributed by atoms with van der Waals surface area (Å²) in [6, 6.07) is 8.92. The molecule has 2 aromatic rings. The van der Waals surface area contributed by atoms with E-state index in [1.165, 1.54) is 38.1 Å². The molecule has 0 fully saturated rings. The molecule has 0 radical (unpaired) electrons. The number of furan rings is 2. The van der Waals surface area contributed by atoms with E-state index in [4.69, 9.17) is 24.1 Å². The lowest BCUT2D eigenvalue weighted by Gasteiger charge is -2.41. The molecule has 52 heavy (non-hydrogen) atoms. The van der Waals surface area contributed by atoms with Gasteiger partial charge in [0.25, 0.3) is 0 Å². The molecule has 0 aliphatic heterocycles. The molecule has 7 heteroatoms. The highest BCUT2D eigenvalue weighted by Crippen LogP contribution is 2.41. The van der Waals surface area contributed by atoms with E-state index in [-0.39, 0.29) is 17.1 Å². The highest BCUT2D eigenvalue weighted by atomic mass is 28.4. The Balaban J connectivity index is 2.08. The molecule has 0 bridgehead atoms. The van der Waals surface area contributed by atoms with Gasteiger partial charge >= 0.3 is 0 Å². The smallest absolute Gasteiger partial charge is 0.244 e. The predicted octanol–water partition coefficient (Wildman–Crippen LogP) is 13.2. The van der Waals surface area contributed by atoms with Crippen molar-refractivity contribution in [3.8, 4) is 24.2 Å². The van der Waals surface area contributed by atoms with E-state index in [1.54, 1.807) is 0 Å². The number of unbranched alkanes of at least 4 members (excludes halogenated alkanes) is 6. The van der Waals surface area contributed by atoms with Gasteiger partial charge in [0.2, 0.25) is 8.32 Å². The summed E-state index contributed by atoms with van der Waals surface area (Å²) in [5.41, 5.74) is 0. The molecule has 0 saturated carbocycles. The maximum absolute atomic E-state index is 10.2. The third-order valence-electron chi connectivity index (χ3n) is 9.97. The fourth-order valence-electron chi connectivity index (χ4n) is 5.67. The molecule has 1 N–H and O–H groups in total. The van der Waals surface area contributed by atoms with Crippen LogP contribution in [-0.2, 0) is 8.85 Å². The number of aliphatic hydroxyl groups excluding tert-OH is 1. The third-order valence-corrected chi connectivity index (χ3v) is 16.8. The second-order valence-corrected chi connectivity index (χ2v) is 25.2. The summed E-state index contributed by atoms with van der Waals surface area (Å²) in [7, 11) is -3.73. The Labute approximate surface area is 320 Å². The minimum absolute atomic E-state index is 0.00906. The number of hydrogen-bond donors (Lipinski definition) is 1. The van der Waals surface area contributed by atoms with E-state index in [9.17, 15) is 5.11 Å². The number of aliphatic hydroxyl groups is 1. The maximum Gasteiger partial charge on any atom is 0.244 e. The van der Waals surface area contributed by atoms with Crippen molar-refractivity contribution in [2.45, 2.75) is 173 Å². The minimum atomic E-state index is -2.09. The first-order chi connectivity index (χ1) is 24.7. The lowest BCUT2D eigenvalue weighted by Crippen LogP contribution is -2.45. The highest BCUT2D eigenvalue weighted by molar-refractivity contribution is 6.74. The van der Waals surface area contributed by atoms with Gasteiger partial charge in [0.15, 0.2) is 19.8 Å². The van der Waals surface area contributed by atoms with Gasteiger partial charge in [-0.2, -0.15) is 0 Å². The first-order valence-corrected chi connectivity index (χ1v) is 25.9. The molecule has 0 aromatic carbocycles. The van der Waals surface area contributed by atoms with Gasteiger partial charge in [0, 0.05) is 12.3 Å². The topological polar surface area (TPSA) is 65.0 Å². The molecule has 2 aromatic heterocycles. The van der Waals surface area contributed by atoms with Gasteiger partial charge in [-0.05, 0) is 131 Å². The van der Waals surface area contributed by atoms with Crippen molar-refractivity contribution >= 4 is 22.7 Å². The predicted molar refractivity (Wildman–Crippen MR) is 225 cm³/mol. The molecule has 2 heterocycles. The zero-order valence-electron chi connectivity index (χ0n) is 34.1. The van der Waals surface area contributed by atoms with Crippen molar-refractivity contribution in [3.63, 3.8) is 0 Å². The Morgan fingerprint density at radius 2 is 1.52 bits per heavy atom. The monoisotopic (exact) mass is 746 g/mol. The Morgan fingerprint density at radius 3 is 2.21 bits per heavy atom. The first kappa shape index (κ1) is 45.2. The van der Waals surface area contributed by atoms with Crippen molar-refractivity contribution in [1.29, 1.82) is 0 Å². The SMILES string of the molecule is C#Cc1ccc(C(CCCC=CO[Si](C)(C)CCCC)C(CCC/C=C\c2ccc(C#CC(O)C/C=C\CCCCC)o2)O[Si](C)(C)C(C)(C)C)o1. The molecule has 0 aliphatic carbocycles. The fourth-order valence-corrected chi connectivity index (χ4v) is 8.85. The maximum atomic E-state index is 10.2. The molecule has 3 unspecified atom stereocenters. The Kier molecular flexibility index (Phi) is 20.6. The van der Waals surface area contributed by atoms with Gasteiger partial charge in [0.1, 0.15) is 17.6 Å². The number of terminal acetylenes is 1. The molecule has 0 aliphatic rings. The van der Waals surface area contributed by atoms with Crippen LogP contribution in [0.5, 0.6) is 0 Å². The number of allylic oxidation sites excluding steroid dienone is 3. The second kappa shape index (κ2) is 23.7. The van der Waals surface area contributed by atoms with E-state index < -0.39 is 22.7 Å². The molecule has 2 rings (SSSR count). The summed E-state index contributed by atoms with van der Waals surface area (Å²) in [6.07, 6.45) is 30.8. The molecular formula is C45H70O5Si2. The van der Waals surface area contributed by atoms with Crippen LogP contribution in [-0.4, -0.2) is 33.9 Å². The van der Waals surface area contributed by atoms with Crippen LogP contribution in [0.3, 0.4) is 0 Å². The van der Waals surface area contributed by atoms with Gasteiger partial charge in [-0.3, -0.25) is 0 Å². The Hall–Kier alpha value is -2.95. The summed E-state index contributed by atoms with van der Waals surface area (Å²) in [5.74, 6) is 11.4. The summed E-state index contributed by atoms with van der Waals surface area (Å²) >= 11 is 0. The zero-order chi connectivity index (χ0) is 38.5. The molecule has 5 nitrogen and oxygen atoms in total. The molecule has 0 amide bonds. The number of hydrogen-bond acceptors (Lipinski definition) is 5. The van der Waals surface area contributed by atoms with E-state index >= 15 is 0 Å². The molecule has 0 saturated heterocycles. The molecular weight excluding hydrogens is 677 g/mol. The van der Waals surface area contributed by atoms with Crippen molar-refractivity contribution in [3.05, 3.63) is 77.9 Å². The van der Waals surface area contributed by atoms with Gasteiger partial charge in [-0.1, -0.05) is 90.5 Å². The van der Waals surface area contributed by atoms with Crippen molar-refractivity contribution in [2.24, 2.45) is 0 Å². The average molecular weight is 747 g/mol. The van der Waals surface area contributed by atoms with Crippen molar-refractivity contribution in [2.75, 3.05) is 0 Å². The largest absolute Gasteiger partial charge is 0.550 e. The lowest BCUT2D eigenvalue weighted by atomic mass is 9.90. The summed E-state index contributed by atoms with van der Waals surface area (Å²) < 4.78 is 25.5. The van der Waals surface area contributed by atoms with Gasteiger partial charge in [-0.15, -0.1) is 6.42 Å². The van der Waals surface area contributed by atoms with Crippen LogP contribution in [0.1, 0.15) is 147 Å². The normalized spacial score (nSPS) is 14.5. The van der Waals surface area contributed by atoms with Crippen molar-refractivity contribution in [1.82, 2.24) is 0 Å². The van der Waals surface area contributed by atoms with Crippen molar-refractivity contribution < 1.29 is 22.8 Å². The van der Waals surface area contributed by atoms with E-state index in [0.29, 0.717) is 17.9 Å². The van der Waals surface area contributed by atoms with Gasteiger partial charge < -0.3 is 22.8 Å². The van der Waals surface area contributed by atoms with Gasteiger partial charge in [-0.25, -0.2) is 0 Å². The van der Waals surface area contributed by atoms with Crippen LogP contribution in [0.15, 0.2) is 63.7 Å². The molecule has 3 atom stereocenters. The third kappa shape index (κ3) is 17.7. The van der Waals surface area contributed by atoms with Crippen LogP contribution in [0.4, 0.5) is 0 Å². The van der Waals surface area contributed by atoms with Gasteiger partial charge in [0.05, 0.1) is 12.4 Å². The Bertz CT molecular complexity index is 1470. The number of rotatable bonds is 24. The minimum Gasteiger partial charge on any atom is -0.550 e. The average Bonchev–Trinajstić information content (AvgIpc) is 3.76. The Morgan fingerprint density at radius 1 is 0.827 bits per heavy atom. The fraction of sp³-hybridized carbons (Fsp3) is 0.600. The zero-order valence-corrected chi connectivity index (χ0v) is 36.1. The highest BCUT2D eigenvalue weighted by Gasteiger charge is 2.41.